The predicted octanol–water partition coefficient (Wildman–Crippen LogP) is 2.71. The maximum Gasteiger partial charge on any atom is 0.225 e. The molecule has 0 amide bonds. The fourth-order valence-corrected chi connectivity index (χ4v) is 2.33. The monoisotopic (exact) mass is 317 g/mol. The molecule has 3 nitrogen and oxygen atoms in total. The van der Waals surface area contributed by atoms with Crippen molar-refractivity contribution in [3.05, 3.63) is 16.0 Å². The summed E-state index contributed by atoms with van der Waals surface area (Å²) in [5.41, 5.74) is 0. The molecule has 1 aromatic heterocycles. The fourth-order valence-electron chi connectivity index (χ4n) is 2.05. The van der Waals surface area contributed by atoms with E-state index in [0.717, 1.165) is 28.5 Å². The molecule has 4 heteroatoms. The van der Waals surface area contributed by atoms with E-state index in [9.17, 15) is 0 Å². The van der Waals surface area contributed by atoms with E-state index in [-0.39, 0.29) is 0 Å². The third-order valence-electron chi connectivity index (χ3n) is 2.99. The first-order valence-corrected chi connectivity index (χ1v) is 6.60. The molecule has 2 rings (SSSR count). The van der Waals surface area contributed by atoms with Gasteiger partial charge in [-0.05, 0) is 41.4 Å². The molecule has 2 heterocycles. The number of rotatable bonds is 2. The number of aromatic nitrogens is 2. The van der Waals surface area contributed by atoms with E-state index in [0.29, 0.717) is 0 Å². The normalized spacial score (nSPS) is 21.7. The lowest BCUT2D eigenvalue weighted by Gasteiger charge is -2.32. The molecule has 1 aromatic rings. The van der Waals surface area contributed by atoms with Gasteiger partial charge in [-0.15, -0.1) is 0 Å². The highest BCUT2D eigenvalue weighted by Crippen LogP contribution is 2.22. The van der Waals surface area contributed by atoms with Crippen LogP contribution in [0, 0.1) is 9.49 Å². The maximum atomic E-state index is 4.38. The summed E-state index contributed by atoms with van der Waals surface area (Å²) in [6, 6.07) is 0. The number of halogens is 1. The van der Waals surface area contributed by atoms with Crippen molar-refractivity contribution >= 4 is 28.5 Å². The molecule has 0 spiro atoms. The van der Waals surface area contributed by atoms with Crippen LogP contribution in [0.5, 0.6) is 0 Å². The van der Waals surface area contributed by atoms with Crippen LogP contribution in [0.3, 0.4) is 0 Å². The minimum Gasteiger partial charge on any atom is -0.341 e. The van der Waals surface area contributed by atoms with Gasteiger partial charge in [0.25, 0.3) is 0 Å². The van der Waals surface area contributed by atoms with Gasteiger partial charge in [-0.2, -0.15) is 0 Å². The summed E-state index contributed by atoms with van der Waals surface area (Å²) in [4.78, 5) is 11.1. The topological polar surface area (TPSA) is 29.0 Å². The van der Waals surface area contributed by atoms with E-state index < -0.39 is 0 Å². The lowest BCUT2D eigenvalue weighted by atomic mass is 9.96. The molecule has 1 aliphatic rings. The summed E-state index contributed by atoms with van der Waals surface area (Å²) in [5, 5.41) is 0. The van der Waals surface area contributed by atoms with Gasteiger partial charge < -0.3 is 4.90 Å². The zero-order chi connectivity index (χ0) is 10.7. The van der Waals surface area contributed by atoms with Gasteiger partial charge in [0.05, 0.1) is 0 Å². The molecule has 1 unspecified atom stereocenters. The third-order valence-corrected chi connectivity index (χ3v) is 3.54. The fraction of sp³-hybridized carbons (Fsp3) is 0.636. The number of hydrogen-bond acceptors (Lipinski definition) is 3. The zero-order valence-corrected chi connectivity index (χ0v) is 11.1. The lowest BCUT2D eigenvalue weighted by Crippen LogP contribution is -2.36. The molecule has 0 N–H and O–H groups in total. The van der Waals surface area contributed by atoms with Gasteiger partial charge in [-0.3, -0.25) is 0 Å². The van der Waals surface area contributed by atoms with E-state index in [1.165, 1.54) is 19.3 Å². The summed E-state index contributed by atoms with van der Waals surface area (Å²) < 4.78 is 1.10. The summed E-state index contributed by atoms with van der Waals surface area (Å²) in [6.07, 6.45) is 7.67. The van der Waals surface area contributed by atoms with Crippen molar-refractivity contribution in [1.29, 1.82) is 0 Å². The van der Waals surface area contributed by atoms with E-state index in [1.54, 1.807) is 0 Å². The van der Waals surface area contributed by atoms with Gasteiger partial charge in [0.15, 0.2) is 0 Å². The zero-order valence-electron chi connectivity index (χ0n) is 8.99. The van der Waals surface area contributed by atoms with Gasteiger partial charge in [0, 0.05) is 29.1 Å². The molecule has 0 radical (unpaired) electrons. The first-order chi connectivity index (χ1) is 7.29. The average molecular weight is 317 g/mol. The van der Waals surface area contributed by atoms with Crippen molar-refractivity contribution < 1.29 is 0 Å². The Bertz CT molecular complexity index is 312. The summed E-state index contributed by atoms with van der Waals surface area (Å²) in [6.45, 7) is 4.50. The number of piperidine rings is 1. The molecule has 15 heavy (non-hydrogen) atoms. The number of nitrogens with zero attached hydrogens (tertiary/aromatic N) is 3. The number of hydrogen-bond donors (Lipinski definition) is 0. The Kier molecular flexibility index (Phi) is 3.77. The van der Waals surface area contributed by atoms with Gasteiger partial charge in [0.1, 0.15) is 0 Å². The lowest BCUT2D eigenvalue weighted by molar-refractivity contribution is 0.401. The first-order valence-electron chi connectivity index (χ1n) is 5.52. The summed E-state index contributed by atoms with van der Waals surface area (Å²) >= 11 is 2.24. The SMILES string of the molecule is CCC1CCCN(c2ncc(I)cn2)C1. The molecule has 1 fully saturated rings. The van der Waals surface area contributed by atoms with E-state index in [1.807, 2.05) is 12.4 Å². The first kappa shape index (κ1) is 11.1. The molecule has 82 valence electrons. The van der Waals surface area contributed by atoms with Gasteiger partial charge in [0.2, 0.25) is 5.95 Å². The second kappa shape index (κ2) is 5.09. The van der Waals surface area contributed by atoms with Crippen LogP contribution >= 0.6 is 22.6 Å². The number of anilines is 1. The Hall–Kier alpha value is -0.390. The van der Waals surface area contributed by atoms with Crippen LogP contribution in [0.4, 0.5) is 5.95 Å². The molecule has 0 saturated carbocycles. The van der Waals surface area contributed by atoms with Gasteiger partial charge in [-0.25, -0.2) is 9.97 Å². The Morgan fingerprint density at radius 1 is 1.47 bits per heavy atom. The standard InChI is InChI=1S/C11H16IN3/c1-2-9-4-3-5-15(8-9)11-13-6-10(12)7-14-11/h6-7,9H,2-5,8H2,1H3. The predicted molar refractivity (Wildman–Crippen MR) is 70.0 cm³/mol. The molecular weight excluding hydrogens is 301 g/mol. The minimum absolute atomic E-state index is 0.821. The molecule has 1 aliphatic heterocycles. The second-order valence-corrected chi connectivity index (χ2v) is 5.31. The maximum absolute atomic E-state index is 4.38. The van der Waals surface area contributed by atoms with Crippen LogP contribution < -0.4 is 4.90 Å². The quantitative estimate of drug-likeness (QED) is 0.786. The summed E-state index contributed by atoms with van der Waals surface area (Å²) in [5.74, 6) is 1.72. The van der Waals surface area contributed by atoms with Crippen molar-refractivity contribution in [2.45, 2.75) is 26.2 Å². The van der Waals surface area contributed by atoms with E-state index in [4.69, 9.17) is 0 Å². The molecule has 0 aromatic carbocycles. The highest BCUT2D eigenvalue weighted by atomic mass is 127. The Morgan fingerprint density at radius 2 is 2.20 bits per heavy atom. The average Bonchev–Trinajstić information content (AvgIpc) is 2.30. The Morgan fingerprint density at radius 3 is 2.87 bits per heavy atom. The summed E-state index contributed by atoms with van der Waals surface area (Å²) in [7, 11) is 0. The highest BCUT2D eigenvalue weighted by Gasteiger charge is 2.19. The molecule has 0 bridgehead atoms. The smallest absolute Gasteiger partial charge is 0.225 e. The van der Waals surface area contributed by atoms with Gasteiger partial charge >= 0.3 is 0 Å². The third kappa shape index (κ3) is 2.80. The second-order valence-electron chi connectivity index (χ2n) is 4.06. The largest absolute Gasteiger partial charge is 0.341 e. The van der Waals surface area contributed by atoms with Gasteiger partial charge in [-0.1, -0.05) is 13.3 Å². The van der Waals surface area contributed by atoms with Crippen molar-refractivity contribution in [3.8, 4) is 0 Å². The van der Waals surface area contributed by atoms with Crippen molar-refractivity contribution in [1.82, 2.24) is 9.97 Å². The van der Waals surface area contributed by atoms with Crippen LogP contribution in [-0.4, -0.2) is 23.1 Å². The minimum atomic E-state index is 0.821. The Balaban J connectivity index is 2.06. The molecule has 0 aliphatic carbocycles. The van der Waals surface area contributed by atoms with Crippen molar-refractivity contribution in [3.63, 3.8) is 0 Å². The van der Waals surface area contributed by atoms with E-state index >= 15 is 0 Å². The Labute approximate surface area is 104 Å². The van der Waals surface area contributed by atoms with Crippen LogP contribution in [0.1, 0.15) is 26.2 Å². The van der Waals surface area contributed by atoms with Crippen LogP contribution in [0.2, 0.25) is 0 Å². The van der Waals surface area contributed by atoms with Crippen LogP contribution in [-0.2, 0) is 0 Å². The molecule has 1 saturated heterocycles. The van der Waals surface area contributed by atoms with Crippen molar-refractivity contribution in [2.75, 3.05) is 18.0 Å². The van der Waals surface area contributed by atoms with E-state index in [2.05, 4.69) is 44.4 Å². The van der Waals surface area contributed by atoms with Crippen LogP contribution in [0.25, 0.3) is 0 Å². The van der Waals surface area contributed by atoms with Crippen LogP contribution in [0.15, 0.2) is 12.4 Å². The molecule has 1 atom stereocenters. The molecular formula is C11H16IN3. The highest BCUT2D eigenvalue weighted by molar-refractivity contribution is 14.1. The van der Waals surface area contributed by atoms with Crippen molar-refractivity contribution in [2.24, 2.45) is 5.92 Å².